The van der Waals surface area contributed by atoms with Gasteiger partial charge in [-0.3, -0.25) is 4.79 Å². The molecule has 5 nitrogen and oxygen atoms in total. The van der Waals surface area contributed by atoms with Crippen molar-refractivity contribution in [3.63, 3.8) is 0 Å². The minimum atomic E-state index is -0.932. The fourth-order valence-electron chi connectivity index (χ4n) is 2.32. The Bertz CT molecular complexity index is 522. The third-order valence-corrected chi connectivity index (χ3v) is 3.43. The molecule has 0 radical (unpaired) electrons. The number of carboxylic acid groups (broad SMARTS) is 1. The van der Waals surface area contributed by atoms with E-state index in [-0.39, 0.29) is 5.91 Å². The highest BCUT2D eigenvalue weighted by molar-refractivity contribution is 5.94. The van der Waals surface area contributed by atoms with Crippen molar-refractivity contribution in [2.24, 2.45) is 0 Å². The standard InChI is InChI=1S/C15H18N2O3/c16-12-7-4-11(5-8-12)6-9-14(18)17-10-2-1-3-13(17)15(19)20/h4-9,13H,1-3,10,16H2,(H,19,20)/b9-6+/t13-/m1/s1. The van der Waals surface area contributed by atoms with Gasteiger partial charge in [0.1, 0.15) is 6.04 Å². The van der Waals surface area contributed by atoms with Crippen LogP contribution in [-0.4, -0.2) is 34.5 Å². The summed E-state index contributed by atoms with van der Waals surface area (Å²) in [6, 6.07) is 6.43. The molecule has 1 aliphatic heterocycles. The van der Waals surface area contributed by atoms with E-state index in [2.05, 4.69) is 0 Å². The quantitative estimate of drug-likeness (QED) is 0.649. The number of carbonyl (C=O) groups is 2. The maximum Gasteiger partial charge on any atom is 0.326 e. The largest absolute Gasteiger partial charge is 0.480 e. The van der Waals surface area contributed by atoms with Crippen LogP contribution in [0.1, 0.15) is 24.8 Å². The molecule has 1 aromatic rings. The molecule has 0 aliphatic carbocycles. The van der Waals surface area contributed by atoms with Crippen LogP contribution in [0.5, 0.6) is 0 Å². The summed E-state index contributed by atoms with van der Waals surface area (Å²) >= 11 is 0. The fourth-order valence-corrected chi connectivity index (χ4v) is 2.32. The van der Waals surface area contributed by atoms with Crippen LogP contribution >= 0.6 is 0 Å². The highest BCUT2D eigenvalue weighted by Gasteiger charge is 2.30. The first-order chi connectivity index (χ1) is 9.58. The van der Waals surface area contributed by atoms with E-state index in [4.69, 9.17) is 10.8 Å². The number of carbonyl (C=O) groups excluding carboxylic acids is 1. The molecule has 0 aromatic heterocycles. The first kappa shape index (κ1) is 14.1. The molecule has 20 heavy (non-hydrogen) atoms. The molecule has 5 heteroatoms. The van der Waals surface area contributed by atoms with Gasteiger partial charge in [0.25, 0.3) is 0 Å². The van der Waals surface area contributed by atoms with Crippen LogP contribution in [0.2, 0.25) is 0 Å². The summed E-state index contributed by atoms with van der Waals surface area (Å²) < 4.78 is 0. The summed E-state index contributed by atoms with van der Waals surface area (Å²) in [6.07, 6.45) is 5.33. The van der Waals surface area contributed by atoms with E-state index in [1.165, 1.54) is 11.0 Å². The monoisotopic (exact) mass is 274 g/mol. The maximum absolute atomic E-state index is 12.1. The second-order valence-corrected chi connectivity index (χ2v) is 4.88. The molecule has 2 rings (SSSR count). The average Bonchev–Trinajstić information content (AvgIpc) is 2.46. The van der Waals surface area contributed by atoms with Crippen molar-refractivity contribution in [3.8, 4) is 0 Å². The number of aliphatic carboxylic acids is 1. The van der Waals surface area contributed by atoms with Crippen LogP contribution < -0.4 is 5.73 Å². The highest BCUT2D eigenvalue weighted by Crippen LogP contribution is 2.18. The van der Waals surface area contributed by atoms with Crippen LogP contribution in [0.15, 0.2) is 30.3 Å². The van der Waals surface area contributed by atoms with Crippen LogP contribution in [0, 0.1) is 0 Å². The zero-order valence-corrected chi connectivity index (χ0v) is 11.2. The molecular weight excluding hydrogens is 256 g/mol. The van der Waals surface area contributed by atoms with Gasteiger partial charge >= 0.3 is 5.97 Å². The van der Waals surface area contributed by atoms with E-state index in [9.17, 15) is 9.59 Å². The fraction of sp³-hybridized carbons (Fsp3) is 0.333. The number of carboxylic acids is 1. The van der Waals surface area contributed by atoms with Crippen molar-refractivity contribution in [1.29, 1.82) is 0 Å². The number of amides is 1. The maximum atomic E-state index is 12.1. The molecule has 1 atom stereocenters. The zero-order chi connectivity index (χ0) is 14.5. The van der Waals surface area contributed by atoms with Gasteiger partial charge in [0.05, 0.1) is 0 Å². The Labute approximate surface area is 117 Å². The molecule has 1 aromatic carbocycles. The van der Waals surface area contributed by atoms with E-state index >= 15 is 0 Å². The van der Waals surface area contributed by atoms with Crippen molar-refractivity contribution in [2.45, 2.75) is 25.3 Å². The van der Waals surface area contributed by atoms with Crippen molar-refractivity contribution in [1.82, 2.24) is 4.90 Å². The van der Waals surface area contributed by atoms with Crippen LogP contribution in [-0.2, 0) is 9.59 Å². The first-order valence-electron chi connectivity index (χ1n) is 6.65. The number of likely N-dealkylation sites (tertiary alicyclic amines) is 1. The van der Waals surface area contributed by atoms with Gasteiger partial charge in [-0.05, 0) is 43.0 Å². The molecule has 1 fully saturated rings. The van der Waals surface area contributed by atoms with E-state index < -0.39 is 12.0 Å². The van der Waals surface area contributed by atoms with Gasteiger partial charge in [-0.2, -0.15) is 0 Å². The summed E-state index contributed by atoms with van der Waals surface area (Å²) in [5.41, 5.74) is 7.11. The van der Waals surface area contributed by atoms with Gasteiger partial charge < -0.3 is 15.7 Å². The van der Waals surface area contributed by atoms with Crippen molar-refractivity contribution < 1.29 is 14.7 Å². The first-order valence-corrected chi connectivity index (χ1v) is 6.65. The van der Waals surface area contributed by atoms with E-state index in [0.29, 0.717) is 18.7 Å². The number of benzene rings is 1. The van der Waals surface area contributed by atoms with Crippen molar-refractivity contribution in [3.05, 3.63) is 35.9 Å². The predicted molar refractivity (Wildman–Crippen MR) is 76.9 cm³/mol. The summed E-state index contributed by atoms with van der Waals surface area (Å²) in [7, 11) is 0. The molecule has 0 saturated carbocycles. The smallest absolute Gasteiger partial charge is 0.326 e. The Morgan fingerprint density at radius 3 is 2.60 bits per heavy atom. The number of hydrogen-bond donors (Lipinski definition) is 2. The average molecular weight is 274 g/mol. The van der Waals surface area contributed by atoms with Crippen LogP contribution in [0.3, 0.4) is 0 Å². The topological polar surface area (TPSA) is 83.6 Å². The third-order valence-electron chi connectivity index (χ3n) is 3.43. The summed E-state index contributed by atoms with van der Waals surface area (Å²) in [5.74, 6) is -1.19. The Morgan fingerprint density at radius 2 is 1.95 bits per heavy atom. The lowest BCUT2D eigenvalue weighted by atomic mass is 10.0. The number of anilines is 1. The Balaban J connectivity index is 2.06. The van der Waals surface area contributed by atoms with E-state index in [0.717, 1.165) is 18.4 Å². The number of piperidine rings is 1. The number of nitrogens with zero attached hydrogens (tertiary/aromatic N) is 1. The predicted octanol–water partition coefficient (Wildman–Crippen LogP) is 1.75. The van der Waals surface area contributed by atoms with Gasteiger partial charge in [0.2, 0.25) is 5.91 Å². The molecular formula is C15H18N2O3. The van der Waals surface area contributed by atoms with Gasteiger partial charge in [-0.15, -0.1) is 0 Å². The Morgan fingerprint density at radius 1 is 1.25 bits per heavy atom. The summed E-state index contributed by atoms with van der Waals surface area (Å²) in [6.45, 7) is 0.502. The minimum Gasteiger partial charge on any atom is -0.480 e. The molecule has 0 spiro atoms. The Hall–Kier alpha value is -2.30. The summed E-state index contributed by atoms with van der Waals surface area (Å²) in [5, 5.41) is 9.14. The van der Waals surface area contributed by atoms with Crippen molar-refractivity contribution >= 4 is 23.6 Å². The zero-order valence-electron chi connectivity index (χ0n) is 11.2. The van der Waals surface area contributed by atoms with Crippen LogP contribution in [0.25, 0.3) is 6.08 Å². The van der Waals surface area contributed by atoms with Gasteiger partial charge in [-0.1, -0.05) is 12.1 Å². The molecule has 1 heterocycles. The molecule has 3 N–H and O–H groups in total. The summed E-state index contributed by atoms with van der Waals surface area (Å²) in [4.78, 5) is 24.7. The number of rotatable bonds is 3. The van der Waals surface area contributed by atoms with Crippen molar-refractivity contribution in [2.75, 3.05) is 12.3 Å². The molecule has 1 saturated heterocycles. The number of nitrogens with two attached hydrogens (primary N) is 1. The molecule has 0 bridgehead atoms. The highest BCUT2D eigenvalue weighted by atomic mass is 16.4. The molecule has 1 aliphatic rings. The third kappa shape index (κ3) is 3.38. The minimum absolute atomic E-state index is 0.256. The second-order valence-electron chi connectivity index (χ2n) is 4.88. The second kappa shape index (κ2) is 6.23. The molecule has 1 amide bonds. The van der Waals surface area contributed by atoms with E-state index in [1.54, 1.807) is 18.2 Å². The number of hydrogen-bond acceptors (Lipinski definition) is 3. The van der Waals surface area contributed by atoms with Gasteiger partial charge in [0, 0.05) is 18.3 Å². The lowest BCUT2D eigenvalue weighted by Crippen LogP contribution is -2.47. The number of nitrogen functional groups attached to an aromatic ring is 1. The normalized spacial score (nSPS) is 19.2. The van der Waals surface area contributed by atoms with E-state index in [1.807, 2.05) is 12.1 Å². The Kier molecular flexibility index (Phi) is 4.40. The lowest BCUT2D eigenvalue weighted by Gasteiger charge is -2.32. The SMILES string of the molecule is Nc1ccc(/C=C/C(=O)N2CCCC[C@@H]2C(=O)O)cc1. The van der Waals surface area contributed by atoms with Crippen LogP contribution in [0.4, 0.5) is 5.69 Å². The van der Waals surface area contributed by atoms with Gasteiger partial charge in [0.15, 0.2) is 0 Å². The molecule has 106 valence electrons. The lowest BCUT2D eigenvalue weighted by molar-refractivity contribution is -0.150. The molecule has 0 unspecified atom stereocenters. The van der Waals surface area contributed by atoms with Gasteiger partial charge in [-0.25, -0.2) is 4.79 Å².